The predicted molar refractivity (Wildman–Crippen MR) is 67.8 cm³/mol. The van der Waals surface area contributed by atoms with E-state index >= 15 is 0 Å². The third-order valence-electron chi connectivity index (χ3n) is 3.12. The number of aryl methyl sites for hydroxylation is 1. The molecular formula is C12H13ClN4. The topological polar surface area (TPSA) is 56.7 Å². The van der Waals surface area contributed by atoms with Gasteiger partial charge in [-0.25, -0.2) is 0 Å². The van der Waals surface area contributed by atoms with Gasteiger partial charge in [0.25, 0.3) is 0 Å². The van der Waals surface area contributed by atoms with E-state index < -0.39 is 0 Å². The summed E-state index contributed by atoms with van der Waals surface area (Å²) in [6, 6.07) is 5.44. The van der Waals surface area contributed by atoms with Crippen LogP contribution in [0.1, 0.15) is 18.7 Å². The van der Waals surface area contributed by atoms with Crippen LogP contribution in [0.3, 0.4) is 0 Å². The first-order valence-electron chi connectivity index (χ1n) is 5.73. The molecule has 1 aliphatic heterocycles. The molecule has 0 amide bonds. The Morgan fingerprint density at radius 1 is 1.24 bits per heavy atom. The summed E-state index contributed by atoms with van der Waals surface area (Å²) in [6.07, 6.45) is 3.34. The molecule has 88 valence electrons. The molecule has 0 fully saturated rings. The molecule has 0 bridgehead atoms. The van der Waals surface area contributed by atoms with Gasteiger partial charge in [0.05, 0.1) is 0 Å². The maximum atomic E-state index is 6.00. The van der Waals surface area contributed by atoms with Gasteiger partial charge < -0.3 is 10.3 Å². The first kappa shape index (κ1) is 10.6. The highest BCUT2D eigenvalue weighted by Gasteiger charge is 2.18. The zero-order chi connectivity index (χ0) is 11.8. The Morgan fingerprint density at radius 2 is 2.12 bits per heavy atom. The molecule has 0 radical (unpaired) electrons. The number of halogens is 1. The Labute approximate surface area is 104 Å². The Morgan fingerprint density at radius 3 is 3.00 bits per heavy atom. The minimum atomic E-state index is 0.669. The summed E-state index contributed by atoms with van der Waals surface area (Å²) < 4.78 is 2.14. The van der Waals surface area contributed by atoms with Crippen molar-refractivity contribution in [1.82, 2.24) is 14.8 Å². The zero-order valence-corrected chi connectivity index (χ0v) is 10.1. The predicted octanol–water partition coefficient (Wildman–Crippen LogP) is 2.52. The third kappa shape index (κ3) is 1.78. The summed E-state index contributed by atoms with van der Waals surface area (Å²) in [6.45, 7) is 0.962. The van der Waals surface area contributed by atoms with Gasteiger partial charge in [-0.05, 0) is 31.0 Å². The van der Waals surface area contributed by atoms with Gasteiger partial charge in [-0.3, -0.25) is 0 Å². The summed E-state index contributed by atoms with van der Waals surface area (Å²) in [4.78, 5) is 0. The van der Waals surface area contributed by atoms with Crippen LogP contribution in [0.15, 0.2) is 18.2 Å². The normalized spacial score (nSPS) is 14.6. The molecular weight excluding hydrogens is 236 g/mol. The summed E-state index contributed by atoms with van der Waals surface area (Å²) in [5, 5.41) is 9.13. The second-order valence-corrected chi connectivity index (χ2v) is 4.72. The van der Waals surface area contributed by atoms with Gasteiger partial charge in [-0.2, -0.15) is 0 Å². The van der Waals surface area contributed by atoms with Crippen molar-refractivity contribution in [2.75, 3.05) is 5.73 Å². The number of benzene rings is 1. The highest BCUT2D eigenvalue weighted by atomic mass is 35.5. The highest BCUT2D eigenvalue weighted by Crippen LogP contribution is 2.29. The fourth-order valence-electron chi connectivity index (χ4n) is 2.23. The smallest absolute Gasteiger partial charge is 0.166 e. The van der Waals surface area contributed by atoms with Gasteiger partial charge in [0, 0.05) is 29.2 Å². The van der Waals surface area contributed by atoms with Gasteiger partial charge in [0.1, 0.15) is 5.82 Å². The van der Waals surface area contributed by atoms with E-state index in [0.717, 1.165) is 30.2 Å². The standard InChI is InChI=1S/C12H13ClN4/c13-8-4-5-10(14)9(7-8)12-16-15-11-3-1-2-6-17(11)12/h4-5,7H,1-3,6,14H2. The minimum absolute atomic E-state index is 0.669. The number of aromatic nitrogens is 3. The highest BCUT2D eigenvalue weighted by molar-refractivity contribution is 6.31. The lowest BCUT2D eigenvalue weighted by atomic mass is 10.1. The molecule has 5 heteroatoms. The van der Waals surface area contributed by atoms with E-state index in [1.807, 2.05) is 12.1 Å². The molecule has 4 nitrogen and oxygen atoms in total. The number of fused-ring (bicyclic) bond motifs is 1. The number of hydrogen-bond donors (Lipinski definition) is 1. The van der Waals surface area contributed by atoms with Crippen molar-refractivity contribution < 1.29 is 0 Å². The maximum Gasteiger partial charge on any atom is 0.166 e. The van der Waals surface area contributed by atoms with Crippen LogP contribution in [-0.4, -0.2) is 14.8 Å². The number of anilines is 1. The molecule has 1 aliphatic rings. The Balaban J connectivity index is 2.15. The van der Waals surface area contributed by atoms with Crippen molar-refractivity contribution >= 4 is 17.3 Å². The Kier molecular flexibility index (Phi) is 2.52. The Hall–Kier alpha value is -1.55. The lowest BCUT2D eigenvalue weighted by Crippen LogP contribution is -2.11. The molecule has 0 aliphatic carbocycles. The number of rotatable bonds is 1. The number of nitrogen functional groups attached to an aromatic ring is 1. The molecule has 2 N–H and O–H groups in total. The van der Waals surface area contributed by atoms with E-state index in [1.54, 1.807) is 6.07 Å². The minimum Gasteiger partial charge on any atom is -0.398 e. The maximum absolute atomic E-state index is 6.00. The van der Waals surface area contributed by atoms with Crippen LogP contribution < -0.4 is 5.73 Å². The van der Waals surface area contributed by atoms with Crippen molar-refractivity contribution in [1.29, 1.82) is 0 Å². The van der Waals surface area contributed by atoms with Gasteiger partial charge in [0.2, 0.25) is 0 Å². The average Bonchev–Trinajstić information content (AvgIpc) is 2.76. The van der Waals surface area contributed by atoms with E-state index in [4.69, 9.17) is 17.3 Å². The zero-order valence-electron chi connectivity index (χ0n) is 9.36. The van der Waals surface area contributed by atoms with Crippen molar-refractivity contribution in [3.05, 3.63) is 29.0 Å². The summed E-state index contributed by atoms with van der Waals surface area (Å²) in [7, 11) is 0. The lowest BCUT2D eigenvalue weighted by Gasteiger charge is -2.15. The molecule has 0 spiro atoms. The van der Waals surface area contributed by atoms with Crippen molar-refractivity contribution in [3.63, 3.8) is 0 Å². The second kappa shape index (κ2) is 4.04. The van der Waals surface area contributed by atoms with Gasteiger partial charge in [-0.1, -0.05) is 11.6 Å². The van der Waals surface area contributed by atoms with Gasteiger partial charge in [-0.15, -0.1) is 10.2 Å². The molecule has 0 unspecified atom stereocenters. The van der Waals surface area contributed by atoms with Crippen LogP contribution in [0.2, 0.25) is 5.02 Å². The molecule has 0 saturated heterocycles. The lowest BCUT2D eigenvalue weighted by molar-refractivity contribution is 0.526. The number of hydrogen-bond acceptors (Lipinski definition) is 3. The van der Waals surface area contributed by atoms with Crippen LogP contribution in [0.4, 0.5) is 5.69 Å². The molecule has 1 aromatic heterocycles. The molecule has 3 rings (SSSR count). The summed E-state index contributed by atoms with van der Waals surface area (Å²) >= 11 is 6.00. The SMILES string of the molecule is Nc1ccc(Cl)cc1-c1nnc2n1CCCC2. The second-order valence-electron chi connectivity index (χ2n) is 4.28. The van der Waals surface area contributed by atoms with Gasteiger partial charge >= 0.3 is 0 Å². The molecule has 2 aromatic rings. The van der Waals surface area contributed by atoms with Crippen LogP contribution >= 0.6 is 11.6 Å². The summed E-state index contributed by atoms with van der Waals surface area (Å²) in [5.41, 5.74) is 7.54. The fraction of sp³-hybridized carbons (Fsp3) is 0.333. The molecule has 0 saturated carbocycles. The van der Waals surface area contributed by atoms with E-state index in [0.29, 0.717) is 10.7 Å². The Bertz CT molecular complexity index is 562. The molecule has 1 aromatic carbocycles. The van der Waals surface area contributed by atoms with Crippen LogP contribution in [0, 0.1) is 0 Å². The van der Waals surface area contributed by atoms with Crippen LogP contribution in [0.25, 0.3) is 11.4 Å². The first-order chi connectivity index (χ1) is 8.25. The monoisotopic (exact) mass is 248 g/mol. The van der Waals surface area contributed by atoms with E-state index in [-0.39, 0.29) is 0 Å². The number of nitrogens with two attached hydrogens (primary N) is 1. The number of nitrogens with zero attached hydrogens (tertiary/aromatic N) is 3. The van der Waals surface area contributed by atoms with E-state index in [2.05, 4.69) is 14.8 Å². The first-order valence-corrected chi connectivity index (χ1v) is 6.11. The van der Waals surface area contributed by atoms with Crippen molar-refractivity contribution in [2.24, 2.45) is 0 Å². The summed E-state index contributed by atoms with van der Waals surface area (Å²) in [5.74, 6) is 1.88. The average molecular weight is 249 g/mol. The van der Waals surface area contributed by atoms with Crippen LogP contribution in [0.5, 0.6) is 0 Å². The van der Waals surface area contributed by atoms with Gasteiger partial charge in [0.15, 0.2) is 5.82 Å². The largest absolute Gasteiger partial charge is 0.398 e. The van der Waals surface area contributed by atoms with E-state index in [1.165, 1.54) is 12.8 Å². The molecule has 2 heterocycles. The van der Waals surface area contributed by atoms with Crippen LogP contribution in [-0.2, 0) is 13.0 Å². The third-order valence-corrected chi connectivity index (χ3v) is 3.35. The quantitative estimate of drug-likeness (QED) is 0.789. The fourth-order valence-corrected chi connectivity index (χ4v) is 2.40. The van der Waals surface area contributed by atoms with Crippen molar-refractivity contribution in [3.8, 4) is 11.4 Å². The van der Waals surface area contributed by atoms with Crippen molar-refractivity contribution in [2.45, 2.75) is 25.8 Å². The van der Waals surface area contributed by atoms with E-state index in [9.17, 15) is 0 Å². The molecule has 0 atom stereocenters. The molecule has 17 heavy (non-hydrogen) atoms.